The van der Waals surface area contributed by atoms with Crippen molar-refractivity contribution < 1.29 is 8.42 Å². The Bertz CT molecular complexity index is 442. The van der Waals surface area contributed by atoms with E-state index in [-0.39, 0.29) is 0 Å². The summed E-state index contributed by atoms with van der Waals surface area (Å²) in [5, 5.41) is 5.36. The van der Waals surface area contributed by atoms with Crippen LogP contribution in [0, 0.1) is 6.92 Å². The van der Waals surface area contributed by atoms with Crippen molar-refractivity contribution in [1.82, 2.24) is 15.0 Å². The Kier molecular flexibility index (Phi) is 5.51. The SMILES string of the molecule is CNCC(C)S(=O)(=O)NCCc1nc(C)cs1. The molecule has 0 saturated heterocycles. The van der Waals surface area contributed by atoms with Crippen LogP contribution in [-0.2, 0) is 16.4 Å². The molecule has 0 spiro atoms. The summed E-state index contributed by atoms with van der Waals surface area (Å²) in [6.45, 7) is 4.47. The molecule has 0 fully saturated rings. The normalized spacial score (nSPS) is 13.8. The van der Waals surface area contributed by atoms with E-state index in [1.807, 2.05) is 12.3 Å². The van der Waals surface area contributed by atoms with Crippen molar-refractivity contribution >= 4 is 21.4 Å². The van der Waals surface area contributed by atoms with E-state index in [4.69, 9.17) is 0 Å². The average Bonchev–Trinajstić information content (AvgIpc) is 2.64. The predicted octanol–water partition coefficient (Wildman–Crippen LogP) is 0.521. The fraction of sp³-hybridized carbons (Fsp3) is 0.700. The van der Waals surface area contributed by atoms with E-state index in [9.17, 15) is 8.42 Å². The van der Waals surface area contributed by atoms with Gasteiger partial charge in [-0.25, -0.2) is 18.1 Å². The summed E-state index contributed by atoms with van der Waals surface area (Å²) >= 11 is 1.56. The zero-order chi connectivity index (χ0) is 12.9. The average molecular weight is 277 g/mol. The van der Waals surface area contributed by atoms with Gasteiger partial charge in [0.05, 0.1) is 10.3 Å². The van der Waals surface area contributed by atoms with Crippen molar-refractivity contribution in [3.05, 3.63) is 16.1 Å². The fourth-order valence-electron chi connectivity index (χ4n) is 1.36. The number of thiazole rings is 1. The maximum atomic E-state index is 11.7. The topological polar surface area (TPSA) is 71.1 Å². The lowest BCUT2D eigenvalue weighted by molar-refractivity contribution is 0.563. The minimum atomic E-state index is -3.22. The van der Waals surface area contributed by atoms with Gasteiger partial charge in [0.25, 0.3) is 0 Å². The second kappa shape index (κ2) is 6.44. The Morgan fingerprint density at radius 2 is 2.24 bits per heavy atom. The third-order valence-corrected chi connectivity index (χ3v) is 5.19. The molecule has 1 unspecified atom stereocenters. The number of nitrogens with one attached hydrogen (secondary N) is 2. The van der Waals surface area contributed by atoms with Gasteiger partial charge in [0.15, 0.2) is 0 Å². The maximum absolute atomic E-state index is 11.7. The first-order valence-electron chi connectivity index (χ1n) is 5.50. The van der Waals surface area contributed by atoms with Crippen LogP contribution >= 0.6 is 11.3 Å². The largest absolute Gasteiger partial charge is 0.318 e. The molecule has 1 heterocycles. The molecule has 0 amide bonds. The number of rotatable bonds is 7. The summed E-state index contributed by atoms with van der Waals surface area (Å²) in [6.07, 6.45) is 0.643. The van der Waals surface area contributed by atoms with Crippen LogP contribution in [0.1, 0.15) is 17.6 Å². The maximum Gasteiger partial charge on any atom is 0.215 e. The number of nitrogens with zero attached hydrogens (tertiary/aromatic N) is 1. The molecule has 0 radical (unpaired) electrons. The van der Waals surface area contributed by atoms with Crippen LogP contribution in [0.5, 0.6) is 0 Å². The highest BCUT2D eigenvalue weighted by atomic mass is 32.2. The lowest BCUT2D eigenvalue weighted by atomic mass is 10.4. The van der Waals surface area contributed by atoms with Gasteiger partial charge in [0.2, 0.25) is 10.0 Å². The first-order chi connectivity index (χ1) is 7.95. The molecule has 7 heteroatoms. The van der Waals surface area contributed by atoms with Gasteiger partial charge in [-0.3, -0.25) is 0 Å². The van der Waals surface area contributed by atoms with Gasteiger partial charge in [-0.15, -0.1) is 11.3 Å². The monoisotopic (exact) mass is 277 g/mol. The van der Waals surface area contributed by atoms with Crippen LogP contribution in [0.2, 0.25) is 0 Å². The quantitative estimate of drug-likeness (QED) is 0.762. The van der Waals surface area contributed by atoms with Crippen molar-refractivity contribution in [3.63, 3.8) is 0 Å². The highest BCUT2D eigenvalue weighted by molar-refractivity contribution is 7.90. The van der Waals surface area contributed by atoms with Crippen LogP contribution in [0.15, 0.2) is 5.38 Å². The molecule has 98 valence electrons. The molecular weight excluding hydrogens is 258 g/mol. The lowest BCUT2D eigenvalue weighted by Gasteiger charge is -2.12. The Balaban J connectivity index is 2.40. The second-order valence-corrected chi connectivity index (χ2v) is 7.07. The highest BCUT2D eigenvalue weighted by Crippen LogP contribution is 2.08. The van der Waals surface area contributed by atoms with Gasteiger partial charge in [0, 0.05) is 30.6 Å². The molecule has 0 aliphatic rings. The summed E-state index contributed by atoms with van der Waals surface area (Å²) < 4.78 is 26.1. The lowest BCUT2D eigenvalue weighted by Crippen LogP contribution is -2.38. The van der Waals surface area contributed by atoms with Gasteiger partial charge in [0.1, 0.15) is 0 Å². The Labute approximate surface area is 107 Å². The molecule has 1 rings (SSSR count). The van der Waals surface area contributed by atoms with Crippen LogP contribution < -0.4 is 10.0 Å². The summed E-state index contributed by atoms with van der Waals surface area (Å²) in [5.74, 6) is 0. The van der Waals surface area contributed by atoms with Crippen molar-refractivity contribution in [2.45, 2.75) is 25.5 Å². The van der Waals surface area contributed by atoms with E-state index in [1.165, 1.54) is 0 Å². The standard InChI is InChI=1S/C10H19N3O2S2/c1-8-7-16-10(13-8)4-5-12-17(14,15)9(2)6-11-3/h7,9,11-12H,4-6H2,1-3H3. The predicted molar refractivity (Wildman–Crippen MR) is 70.9 cm³/mol. The summed E-state index contributed by atoms with van der Waals surface area (Å²) in [6, 6.07) is 0. The summed E-state index contributed by atoms with van der Waals surface area (Å²) in [4.78, 5) is 4.28. The van der Waals surface area contributed by atoms with E-state index >= 15 is 0 Å². The van der Waals surface area contributed by atoms with E-state index in [1.54, 1.807) is 25.3 Å². The molecule has 17 heavy (non-hydrogen) atoms. The fourth-order valence-corrected chi connectivity index (χ4v) is 3.19. The number of aromatic nitrogens is 1. The number of hydrogen-bond donors (Lipinski definition) is 2. The van der Waals surface area contributed by atoms with Crippen LogP contribution in [0.3, 0.4) is 0 Å². The van der Waals surface area contributed by atoms with Gasteiger partial charge in [-0.2, -0.15) is 0 Å². The molecule has 1 atom stereocenters. The third-order valence-electron chi connectivity index (χ3n) is 2.33. The van der Waals surface area contributed by atoms with Crippen LogP contribution in [-0.4, -0.2) is 38.8 Å². The van der Waals surface area contributed by atoms with Crippen LogP contribution in [0.4, 0.5) is 0 Å². The van der Waals surface area contributed by atoms with E-state index < -0.39 is 15.3 Å². The Hall–Kier alpha value is -0.500. The molecule has 2 N–H and O–H groups in total. The summed E-state index contributed by atoms with van der Waals surface area (Å²) in [7, 11) is -1.48. The highest BCUT2D eigenvalue weighted by Gasteiger charge is 2.18. The number of sulfonamides is 1. The molecule has 0 aliphatic heterocycles. The Morgan fingerprint density at radius 1 is 1.53 bits per heavy atom. The van der Waals surface area contributed by atoms with Crippen molar-refractivity contribution in [2.24, 2.45) is 0 Å². The molecule has 0 bridgehead atoms. The van der Waals surface area contributed by atoms with E-state index in [2.05, 4.69) is 15.0 Å². The van der Waals surface area contributed by atoms with Gasteiger partial charge in [-0.1, -0.05) is 0 Å². The number of aryl methyl sites for hydroxylation is 1. The van der Waals surface area contributed by atoms with Crippen molar-refractivity contribution in [3.8, 4) is 0 Å². The molecule has 0 saturated carbocycles. The minimum absolute atomic E-state index is 0.406. The zero-order valence-corrected chi connectivity index (χ0v) is 12.0. The Morgan fingerprint density at radius 3 is 2.76 bits per heavy atom. The van der Waals surface area contributed by atoms with Crippen molar-refractivity contribution in [1.29, 1.82) is 0 Å². The smallest absolute Gasteiger partial charge is 0.215 e. The van der Waals surface area contributed by atoms with Crippen molar-refractivity contribution in [2.75, 3.05) is 20.1 Å². The zero-order valence-electron chi connectivity index (χ0n) is 10.4. The molecule has 1 aromatic heterocycles. The molecule has 0 aromatic carbocycles. The van der Waals surface area contributed by atoms with Crippen LogP contribution in [0.25, 0.3) is 0 Å². The molecule has 0 aliphatic carbocycles. The molecular formula is C10H19N3O2S2. The van der Waals surface area contributed by atoms with E-state index in [0.717, 1.165) is 10.7 Å². The first kappa shape index (κ1) is 14.6. The summed E-state index contributed by atoms with van der Waals surface area (Å²) in [5.41, 5.74) is 0.983. The second-order valence-electron chi connectivity index (χ2n) is 3.94. The molecule has 1 aromatic rings. The minimum Gasteiger partial charge on any atom is -0.318 e. The van der Waals surface area contributed by atoms with Gasteiger partial charge >= 0.3 is 0 Å². The third kappa shape index (κ3) is 4.71. The van der Waals surface area contributed by atoms with Gasteiger partial charge in [-0.05, 0) is 20.9 Å². The number of hydrogen-bond acceptors (Lipinski definition) is 5. The first-order valence-corrected chi connectivity index (χ1v) is 7.92. The van der Waals surface area contributed by atoms with Gasteiger partial charge < -0.3 is 5.32 Å². The molecule has 5 nitrogen and oxygen atoms in total. The van der Waals surface area contributed by atoms with E-state index in [0.29, 0.717) is 19.5 Å².